The average Bonchev–Trinajstić information content (AvgIpc) is 2.60. The first-order valence-electron chi connectivity index (χ1n) is 8.42. The van der Waals surface area contributed by atoms with Gasteiger partial charge in [-0.3, -0.25) is 14.5 Å². The zero-order valence-corrected chi connectivity index (χ0v) is 14.1. The van der Waals surface area contributed by atoms with E-state index in [1.807, 2.05) is 24.8 Å². The number of amides is 2. The number of piperazine rings is 1. The third-order valence-corrected chi connectivity index (χ3v) is 4.45. The van der Waals surface area contributed by atoms with Crippen molar-refractivity contribution in [3.8, 4) is 0 Å². The molecule has 1 aliphatic rings. The highest BCUT2D eigenvalue weighted by atomic mass is 16.2. The van der Waals surface area contributed by atoms with Crippen molar-refractivity contribution >= 4 is 11.8 Å². The van der Waals surface area contributed by atoms with Gasteiger partial charge in [-0.15, -0.1) is 0 Å². The van der Waals surface area contributed by atoms with Gasteiger partial charge in [0.05, 0.1) is 6.54 Å². The Bertz CT molecular complexity index is 510. The molecule has 1 atom stereocenters. The van der Waals surface area contributed by atoms with E-state index in [2.05, 4.69) is 34.5 Å². The molecule has 126 valence electrons. The van der Waals surface area contributed by atoms with Crippen molar-refractivity contribution in [2.45, 2.75) is 26.8 Å². The monoisotopic (exact) mass is 317 g/mol. The van der Waals surface area contributed by atoms with Crippen molar-refractivity contribution in [1.82, 2.24) is 15.1 Å². The van der Waals surface area contributed by atoms with Gasteiger partial charge in [0.25, 0.3) is 0 Å². The number of nitrogens with one attached hydrogen (secondary N) is 1. The van der Waals surface area contributed by atoms with Gasteiger partial charge in [-0.25, -0.2) is 0 Å². The summed E-state index contributed by atoms with van der Waals surface area (Å²) in [5.74, 6) is -0.0601. The summed E-state index contributed by atoms with van der Waals surface area (Å²) in [5.41, 5.74) is 1.30. The van der Waals surface area contributed by atoms with Crippen LogP contribution >= 0.6 is 0 Å². The van der Waals surface area contributed by atoms with Crippen LogP contribution in [0.1, 0.15) is 25.8 Å². The van der Waals surface area contributed by atoms with Crippen LogP contribution in [-0.4, -0.2) is 54.3 Å². The summed E-state index contributed by atoms with van der Waals surface area (Å²) in [7, 11) is 0. The second-order valence-corrected chi connectivity index (χ2v) is 6.17. The van der Waals surface area contributed by atoms with Crippen molar-refractivity contribution in [2.24, 2.45) is 5.92 Å². The number of hydrogen-bond acceptors (Lipinski definition) is 3. The van der Waals surface area contributed by atoms with Crippen molar-refractivity contribution < 1.29 is 9.59 Å². The van der Waals surface area contributed by atoms with Crippen molar-refractivity contribution in [1.29, 1.82) is 0 Å². The lowest BCUT2D eigenvalue weighted by Crippen LogP contribution is -2.51. The number of carbonyl (C=O) groups is 2. The molecule has 1 fully saturated rings. The molecule has 1 aromatic carbocycles. The molecule has 5 nitrogen and oxygen atoms in total. The van der Waals surface area contributed by atoms with Gasteiger partial charge in [-0.2, -0.15) is 0 Å². The van der Waals surface area contributed by atoms with Crippen LogP contribution in [0.3, 0.4) is 0 Å². The van der Waals surface area contributed by atoms with E-state index in [0.717, 1.165) is 39.1 Å². The highest BCUT2D eigenvalue weighted by molar-refractivity contribution is 5.85. The molecule has 0 aromatic heterocycles. The van der Waals surface area contributed by atoms with Crippen LogP contribution < -0.4 is 5.32 Å². The summed E-state index contributed by atoms with van der Waals surface area (Å²) in [6.07, 6.45) is 0.790. The molecule has 1 N–H and O–H groups in total. The number of carbonyl (C=O) groups excluding carboxylic acids is 2. The van der Waals surface area contributed by atoms with Gasteiger partial charge >= 0.3 is 0 Å². The van der Waals surface area contributed by atoms with Crippen LogP contribution in [0.5, 0.6) is 0 Å². The Morgan fingerprint density at radius 1 is 1.13 bits per heavy atom. The minimum absolute atomic E-state index is 0.0148. The van der Waals surface area contributed by atoms with E-state index in [0.29, 0.717) is 0 Å². The lowest BCUT2D eigenvalue weighted by Gasteiger charge is -2.34. The third-order valence-electron chi connectivity index (χ3n) is 4.45. The molecule has 0 radical (unpaired) electrons. The van der Waals surface area contributed by atoms with Crippen LogP contribution in [0.25, 0.3) is 0 Å². The second-order valence-electron chi connectivity index (χ2n) is 6.17. The Kier molecular flexibility index (Phi) is 6.59. The highest BCUT2D eigenvalue weighted by Gasteiger charge is 2.21. The summed E-state index contributed by atoms with van der Waals surface area (Å²) < 4.78 is 0. The fraction of sp³-hybridized carbons (Fsp3) is 0.556. The second kappa shape index (κ2) is 8.67. The van der Waals surface area contributed by atoms with Gasteiger partial charge in [0.1, 0.15) is 0 Å². The molecular weight excluding hydrogens is 290 g/mol. The molecule has 1 aromatic rings. The zero-order valence-electron chi connectivity index (χ0n) is 14.1. The van der Waals surface area contributed by atoms with Gasteiger partial charge in [0.15, 0.2) is 0 Å². The quantitative estimate of drug-likeness (QED) is 0.865. The molecule has 1 aliphatic heterocycles. The molecule has 0 bridgehead atoms. The Labute approximate surface area is 138 Å². The summed E-state index contributed by atoms with van der Waals surface area (Å²) >= 11 is 0. The van der Waals surface area contributed by atoms with E-state index in [1.54, 1.807) is 0 Å². The summed E-state index contributed by atoms with van der Waals surface area (Å²) in [4.78, 5) is 28.1. The van der Waals surface area contributed by atoms with Gasteiger partial charge in [-0.1, -0.05) is 44.2 Å². The van der Waals surface area contributed by atoms with E-state index in [1.165, 1.54) is 5.56 Å². The first-order chi connectivity index (χ1) is 11.1. The number of rotatable bonds is 6. The lowest BCUT2D eigenvalue weighted by atomic mass is 10.1. The first kappa shape index (κ1) is 17.5. The van der Waals surface area contributed by atoms with Crippen LogP contribution in [0, 0.1) is 5.92 Å². The van der Waals surface area contributed by atoms with E-state index >= 15 is 0 Å². The van der Waals surface area contributed by atoms with Crippen molar-refractivity contribution in [2.75, 3.05) is 32.7 Å². The molecule has 1 unspecified atom stereocenters. The molecule has 2 rings (SSSR count). The molecule has 2 amide bonds. The van der Waals surface area contributed by atoms with Gasteiger partial charge in [0.2, 0.25) is 11.8 Å². The standard InChI is InChI=1S/C18H27N3O2/c1-3-15(2)18(23)19-13-17(22)21-11-9-20(10-12-21)14-16-7-5-4-6-8-16/h4-8,15H,3,9-14H2,1-2H3,(H,19,23). The molecule has 0 spiro atoms. The largest absolute Gasteiger partial charge is 0.347 e. The Morgan fingerprint density at radius 2 is 1.78 bits per heavy atom. The van der Waals surface area contributed by atoms with Gasteiger partial charge in [0, 0.05) is 38.6 Å². The maximum absolute atomic E-state index is 12.2. The van der Waals surface area contributed by atoms with Crippen LogP contribution in [0.2, 0.25) is 0 Å². The minimum Gasteiger partial charge on any atom is -0.347 e. The third kappa shape index (κ3) is 5.36. The molecule has 5 heteroatoms. The van der Waals surface area contributed by atoms with Crippen LogP contribution in [0.4, 0.5) is 0 Å². The van der Waals surface area contributed by atoms with Crippen molar-refractivity contribution in [3.05, 3.63) is 35.9 Å². The smallest absolute Gasteiger partial charge is 0.242 e. The maximum atomic E-state index is 12.2. The number of nitrogens with zero attached hydrogens (tertiary/aromatic N) is 2. The maximum Gasteiger partial charge on any atom is 0.242 e. The topological polar surface area (TPSA) is 52.7 Å². The van der Waals surface area contributed by atoms with E-state index in [4.69, 9.17) is 0 Å². The predicted molar refractivity (Wildman–Crippen MR) is 90.8 cm³/mol. The average molecular weight is 317 g/mol. The molecule has 0 saturated carbocycles. The zero-order chi connectivity index (χ0) is 16.7. The van der Waals surface area contributed by atoms with Crippen molar-refractivity contribution in [3.63, 3.8) is 0 Å². The highest BCUT2D eigenvalue weighted by Crippen LogP contribution is 2.08. The minimum atomic E-state index is -0.0384. The Morgan fingerprint density at radius 3 is 2.39 bits per heavy atom. The van der Waals surface area contributed by atoms with E-state index in [9.17, 15) is 9.59 Å². The SMILES string of the molecule is CCC(C)C(=O)NCC(=O)N1CCN(Cc2ccccc2)CC1. The predicted octanol–water partition coefficient (Wildman–Crippen LogP) is 1.49. The molecule has 1 heterocycles. The molecular formula is C18H27N3O2. The normalized spacial score (nSPS) is 16.9. The van der Waals surface area contributed by atoms with E-state index in [-0.39, 0.29) is 24.3 Å². The first-order valence-corrected chi connectivity index (χ1v) is 8.42. The fourth-order valence-corrected chi connectivity index (χ4v) is 2.63. The Hall–Kier alpha value is -1.88. The summed E-state index contributed by atoms with van der Waals surface area (Å²) in [6, 6.07) is 10.4. The van der Waals surface area contributed by atoms with Crippen LogP contribution in [-0.2, 0) is 16.1 Å². The molecule has 0 aliphatic carbocycles. The fourth-order valence-electron chi connectivity index (χ4n) is 2.63. The molecule has 1 saturated heterocycles. The lowest BCUT2D eigenvalue weighted by molar-refractivity contribution is -0.135. The Balaban J connectivity index is 1.71. The summed E-state index contributed by atoms with van der Waals surface area (Å²) in [6.45, 7) is 8.09. The summed E-state index contributed by atoms with van der Waals surface area (Å²) in [5, 5.41) is 2.74. The number of hydrogen-bond donors (Lipinski definition) is 1. The van der Waals surface area contributed by atoms with E-state index < -0.39 is 0 Å². The van der Waals surface area contributed by atoms with Gasteiger partial charge in [-0.05, 0) is 12.0 Å². The number of benzene rings is 1. The van der Waals surface area contributed by atoms with Gasteiger partial charge < -0.3 is 10.2 Å². The van der Waals surface area contributed by atoms with Crippen LogP contribution in [0.15, 0.2) is 30.3 Å². The molecule has 23 heavy (non-hydrogen) atoms.